The number of carbonyl (C=O) groups excluding carboxylic acids is 1. The summed E-state index contributed by atoms with van der Waals surface area (Å²) in [6.45, 7) is 6.00. The van der Waals surface area contributed by atoms with Gasteiger partial charge in [0.15, 0.2) is 0 Å². The first-order chi connectivity index (χ1) is 8.42. The Balaban J connectivity index is 3.16. The van der Waals surface area contributed by atoms with Crippen molar-refractivity contribution >= 4 is 5.91 Å². The molecule has 0 bridgehead atoms. The number of benzene rings is 1. The van der Waals surface area contributed by atoms with Gasteiger partial charge in [-0.05, 0) is 43.0 Å². The molecule has 1 amide bonds. The second kappa shape index (κ2) is 5.84. The summed E-state index contributed by atoms with van der Waals surface area (Å²) in [5.74, 6) is 5.50. The Hall–Kier alpha value is -1.59. The van der Waals surface area contributed by atoms with E-state index in [4.69, 9.17) is 16.3 Å². The van der Waals surface area contributed by atoms with Crippen LogP contribution >= 0.6 is 0 Å². The van der Waals surface area contributed by atoms with Gasteiger partial charge in [-0.15, -0.1) is 0 Å². The number of amides is 1. The van der Waals surface area contributed by atoms with E-state index >= 15 is 0 Å². The van der Waals surface area contributed by atoms with Gasteiger partial charge in [0.25, 0.3) is 5.91 Å². The molecule has 5 nitrogen and oxygen atoms in total. The number of hydrogen-bond donors (Lipinski definition) is 3. The van der Waals surface area contributed by atoms with E-state index in [0.717, 1.165) is 28.0 Å². The fourth-order valence-electron chi connectivity index (χ4n) is 2.05. The molecule has 1 unspecified atom stereocenters. The van der Waals surface area contributed by atoms with Gasteiger partial charge in [-0.2, -0.15) is 0 Å². The van der Waals surface area contributed by atoms with Gasteiger partial charge in [-0.3, -0.25) is 10.2 Å². The summed E-state index contributed by atoms with van der Waals surface area (Å²) >= 11 is 0. The number of nitrogens with two attached hydrogens (primary N) is 2. The van der Waals surface area contributed by atoms with Crippen LogP contribution in [-0.2, 0) is 11.2 Å². The smallest absolute Gasteiger partial charge is 0.251 e. The summed E-state index contributed by atoms with van der Waals surface area (Å²) in [6, 6.07) is 1.39. The lowest BCUT2D eigenvalue weighted by Gasteiger charge is -2.18. The van der Waals surface area contributed by atoms with E-state index in [9.17, 15) is 4.79 Å². The summed E-state index contributed by atoms with van der Waals surface area (Å²) < 4.78 is 5.43. The van der Waals surface area contributed by atoms with Crippen molar-refractivity contribution in [1.82, 2.24) is 5.43 Å². The van der Waals surface area contributed by atoms with Crippen LogP contribution in [0.25, 0.3) is 0 Å². The molecule has 5 N–H and O–H groups in total. The molecule has 0 spiro atoms. The third-order valence-electron chi connectivity index (χ3n) is 3.22. The maximum Gasteiger partial charge on any atom is 0.251 e. The van der Waals surface area contributed by atoms with Gasteiger partial charge in [-0.25, -0.2) is 5.84 Å². The molecule has 0 fully saturated rings. The number of ether oxygens (including phenoxy) is 1. The molecule has 0 aliphatic heterocycles. The molecule has 0 aliphatic carbocycles. The molecule has 0 radical (unpaired) electrons. The predicted molar refractivity (Wildman–Crippen MR) is 71.2 cm³/mol. The highest BCUT2D eigenvalue weighted by Crippen LogP contribution is 2.30. The predicted octanol–water partition coefficient (Wildman–Crippen LogP) is 0.480. The Morgan fingerprint density at radius 3 is 2.50 bits per heavy atom. The van der Waals surface area contributed by atoms with Crippen molar-refractivity contribution in [2.24, 2.45) is 11.6 Å². The van der Waals surface area contributed by atoms with Crippen LogP contribution in [0.3, 0.4) is 0 Å². The van der Waals surface area contributed by atoms with Crippen molar-refractivity contribution < 1.29 is 9.53 Å². The highest BCUT2D eigenvalue weighted by Gasteiger charge is 2.19. The number of methoxy groups -OCH3 is 1. The lowest BCUT2D eigenvalue weighted by Crippen LogP contribution is -2.45. The number of hydrogen-bond acceptors (Lipinski definition) is 4. The minimum atomic E-state index is -0.676. The number of rotatable bonds is 4. The summed E-state index contributed by atoms with van der Waals surface area (Å²) in [4.78, 5) is 11.4. The van der Waals surface area contributed by atoms with Crippen LogP contribution in [0.4, 0.5) is 0 Å². The summed E-state index contributed by atoms with van der Waals surface area (Å²) in [6.07, 6.45) is 0.402. The molecule has 1 aromatic carbocycles. The first-order valence-electron chi connectivity index (χ1n) is 5.82. The van der Waals surface area contributed by atoms with Crippen molar-refractivity contribution in [2.45, 2.75) is 33.2 Å². The minimum absolute atomic E-state index is 0.380. The highest BCUT2D eigenvalue weighted by molar-refractivity contribution is 5.81. The van der Waals surface area contributed by atoms with E-state index in [1.807, 2.05) is 20.8 Å². The number of aryl methyl sites for hydroxylation is 2. The van der Waals surface area contributed by atoms with E-state index in [1.165, 1.54) is 0 Å². The SMILES string of the molecule is COc1c(C)c(C)cc(C)c1CC(N)C(=O)NN. The first kappa shape index (κ1) is 14.5. The van der Waals surface area contributed by atoms with Gasteiger partial charge in [0.1, 0.15) is 5.75 Å². The maximum atomic E-state index is 11.4. The van der Waals surface area contributed by atoms with Crippen LogP contribution in [0, 0.1) is 20.8 Å². The van der Waals surface area contributed by atoms with Gasteiger partial charge < -0.3 is 10.5 Å². The fourth-order valence-corrected chi connectivity index (χ4v) is 2.05. The van der Waals surface area contributed by atoms with Crippen molar-refractivity contribution in [2.75, 3.05) is 7.11 Å². The van der Waals surface area contributed by atoms with Crippen LogP contribution in [0.5, 0.6) is 5.75 Å². The monoisotopic (exact) mass is 251 g/mol. The lowest BCUT2D eigenvalue weighted by atomic mass is 9.94. The molecule has 0 heterocycles. The second-order valence-corrected chi connectivity index (χ2v) is 4.47. The van der Waals surface area contributed by atoms with Crippen LogP contribution in [0.2, 0.25) is 0 Å². The minimum Gasteiger partial charge on any atom is -0.496 e. The normalized spacial score (nSPS) is 12.1. The van der Waals surface area contributed by atoms with Crippen molar-refractivity contribution in [3.8, 4) is 5.75 Å². The molecule has 0 aromatic heterocycles. The topological polar surface area (TPSA) is 90.4 Å². The molecule has 0 saturated heterocycles. The molecule has 18 heavy (non-hydrogen) atoms. The van der Waals surface area contributed by atoms with Crippen LogP contribution in [0.15, 0.2) is 6.07 Å². The fraction of sp³-hybridized carbons (Fsp3) is 0.462. The molecule has 0 aliphatic rings. The lowest BCUT2D eigenvalue weighted by molar-refractivity contribution is -0.122. The Morgan fingerprint density at radius 1 is 1.39 bits per heavy atom. The zero-order valence-corrected chi connectivity index (χ0v) is 11.3. The molecule has 1 atom stereocenters. The number of carbonyl (C=O) groups is 1. The molecule has 1 aromatic rings. The molecule has 0 saturated carbocycles. The van der Waals surface area contributed by atoms with Crippen LogP contribution in [0.1, 0.15) is 22.3 Å². The largest absolute Gasteiger partial charge is 0.496 e. The molecular formula is C13H21N3O2. The zero-order chi connectivity index (χ0) is 13.9. The van der Waals surface area contributed by atoms with E-state index in [2.05, 4.69) is 11.5 Å². The highest BCUT2D eigenvalue weighted by atomic mass is 16.5. The van der Waals surface area contributed by atoms with Gasteiger partial charge in [-0.1, -0.05) is 6.07 Å². The first-order valence-corrected chi connectivity index (χ1v) is 5.82. The Morgan fingerprint density at radius 2 is 2.00 bits per heavy atom. The molecule has 5 heteroatoms. The second-order valence-electron chi connectivity index (χ2n) is 4.47. The van der Waals surface area contributed by atoms with E-state index in [-0.39, 0.29) is 5.91 Å². The Bertz CT molecular complexity index is 458. The Kier molecular flexibility index (Phi) is 4.69. The standard InChI is InChI=1S/C13H21N3O2/c1-7-5-8(2)10(12(18-4)9(7)3)6-11(14)13(17)16-15/h5,11H,6,14-15H2,1-4H3,(H,16,17). The number of nitrogens with one attached hydrogen (secondary N) is 1. The quantitative estimate of drug-likeness (QED) is 0.412. The van der Waals surface area contributed by atoms with E-state index in [0.29, 0.717) is 6.42 Å². The third-order valence-corrected chi connectivity index (χ3v) is 3.22. The summed E-state index contributed by atoms with van der Waals surface area (Å²) in [5, 5.41) is 0. The van der Waals surface area contributed by atoms with Crippen molar-refractivity contribution in [1.29, 1.82) is 0 Å². The Labute approximate surface area is 107 Å². The maximum absolute atomic E-state index is 11.4. The summed E-state index contributed by atoms with van der Waals surface area (Å²) in [5.41, 5.74) is 12.1. The third kappa shape index (κ3) is 2.80. The average molecular weight is 251 g/mol. The molecule has 100 valence electrons. The van der Waals surface area contributed by atoms with Gasteiger partial charge in [0.2, 0.25) is 0 Å². The van der Waals surface area contributed by atoms with Crippen molar-refractivity contribution in [3.63, 3.8) is 0 Å². The van der Waals surface area contributed by atoms with Crippen LogP contribution in [-0.4, -0.2) is 19.1 Å². The van der Waals surface area contributed by atoms with E-state index < -0.39 is 6.04 Å². The molecule has 1 rings (SSSR count). The van der Waals surface area contributed by atoms with Crippen LogP contribution < -0.4 is 21.7 Å². The van der Waals surface area contributed by atoms with Gasteiger partial charge in [0.05, 0.1) is 13.2 Å². The molecular weight excluding hydrogens is 230 g/mol. The zero-order valence-electron chi connectivity index (χ0n) is 11.3. The summed E-state index contributed by atoms with van der Waals surface area (Å²) in [7, 11) is 1.62. The average Bonchev–Trinajstić information content (AvgIpc) is 2.35. The van der Waals surface area contributed by atoms with E-state index in [1.54, 1.807) is 7.11 Å². The number of hydrazine groups is 1. The van der Waals surface area contributed by atoms with Gasteiger partial charge >= 0.3 is 0 Å². The van der Waals surface area contributed by atoms with Crippen molar-refractivity contribution in [3.05, 3.63) is 28.3 Å². The van der Waals surface area contributed by atoms with Gasteiger partial charge in [0, 0.05) is 6.42 Å².